The molecule has 24 heavy (non-hydrogen) atoms. The fourth-order valence-electron chi connectivity index (χ4n) is 3.20. The molecular formula is C19H31FN4. The van der Waals surface area contributed by atoms with Gasteiger partial charge >= 0.3 is 0 Å². The van der Waals surface area contributed by atoms with E-state index in [4.69, 9.17) is 0 Å². The number of nitrogens with one attached hydrogen (secondary N) is 2. The van der Waals surface area contributed by atoms with E-state index in [0.717, 1.165) is 24.6 Å². The fraction of sp³-hybridized carbons (Fsp3) is 0.632. The molecule has 1 saturated heterocycles. The lowest BCUT2D eigenvalue weighted by Crippen LogP contribution is -2.45. The Hall–Kier alpha value is -1.62. The summed E-state index contributed by atoms with van der Waals surface area (Å²) in [6.07, 6.45) is 2.54. The molecular weight excluding hydrogens is 303 g/mol. The van der Waals surface area contributed by atoms with Gasteiger partial charge in [0.2, 0.25) is 0 Å². The zero-order valence-corrected chi connectivity index (χ0v) is 15.4. The Morgan fingerprint density at radius 2 is 2.17 bits per heavy atom. The van der Waals surface area contributed by atoms with Crippen LogP contribution in [0.4, 0.5) is 4.39 Å². The van der Waals surface area contributed by atoms with Crippen LogP contribution in [0.15, 0.2) is 23.2 Å². The van der Waals surface area contributed by atoms with Crippen LogP contribution >= 0.6 is 0 Å². The van der Waals surface area contributed by atoms with E-state index >= 15 is 0 Å². The van der Waals surface area contributed by atoms with E-state index in [1.54, 1.807) is 14.0 Å². The third-order valence-electron chi connectivity index (χ3n) is 4.74. The standard InChI is InChI=1S/C19H31FN4/c1-14(2)24-9-5-6-17(13-24)12-23-19(21-4)22-11-16-7-8-18(20)15(3)10-16/h7-8,10,14,17H,5-6,9,11-13H2,1-4H3,(H2,21,22,23). The van der Waals surface area contributed by atoms with Crippen molar-refractivity contribution in [3.8, 4) is 0 Å². The number of hydrogen-bond donors (Lipinski definition) is 2. The second kappa shape index (κ2) is 9.02. The van der Waals surface area contributed by atoms with E-state index in [1.807, 2.05) is 12.1 Å². The number of aryl methyl sites for hydroxylation is 1. The summed E-state index contributed by atoms with van der Waals surface area (Å²) in [6, 6.07) is 5.82. The first-order chi connectivity index (χ1) is 11.5. The van der Waals surface area contributed by atoms with Gasteiger partial charge in [0.15, 0.2) is 5.96 Å². The van der Waals surface area contributed by atoms with Gasteiger partial charge < -0.3 is 15.5 Å². The summed E-state index contributed by atoms with van der Waals surface area (Å²) in [5.74, 6) is 1.31. The van der Waals surface area contributed by atoms with Crippen LogP contribution in [0.25, 0.3) is 0 Å². The molecule has 5 heteroatoms. The van der Waals surface area contributed by atoms with Gasteiger partial charge in [-0.05, 0) is 63.3 Å². The Bertz CT molecular complexity index is 556. The minimum atomic E-state index is -0.159. The molecule has 1 fully saturated rings. The average Bonchev–Trinajstić information content (AvgIpc) is 2.58. The smallest absolute Gasteiger partial charge is 0.191 e. The number of rotatable bonds is 5. The quantitative estimate of drug-likeness (QED) is 0.642. The van der Waals surface area contributed by atoms with Crippen molar-refractivity contribution < 1.29 is 4.39 Å². The average molecular weight is 334 g/mol. The SMILES string of the molecule is CN=C(NCc1ccc(F)c(C)c1)NCC1CCCN(C(C)C)C1. The summed E-state index contributed by atoms with van der Waals surface area (Å²) in [5, 5.41) is 6.74. The molecule has 1 aromatic rings. The number of guanidine groups is 1. The molecule has 0 saturated carbocycles. The monoisotopic (exact) mass is 334 g/mol. The summed E-state index contributed by atoms with van der Waals surface area (Å²) >= 11 is 0. The van der Waals surface area contributed by atoms with Gasteiger partial charge in [-0.25, -0.2) is 4.39 Å². The Balaban J connectivity index is 1.79. The molecule has 1 atom stereocenters. The number of halogens is 1. The molecule has 1 aromatic carbocycles. The first kappa shape index (κ1) is 18.7. The van der Waals surface area contributed by atoms with E-state index in [2.05, 4.69) is 34.4 Å². The molecule has 0 aliphatic carbocycles. The van der Waals surface area contributed by atoms with Gasteiger partial charge in [0.1, 0.15) is 5.82 Å². The van der Waals surface area contributed by atoms with Gasteiger partial charge in [0.25, 0.3) is 0 Å². The predicted molar refractivity (Wildman–Crippen MR) is 98.8 cm³/mol. The minimum absolute atomic E-state index is 0.159. The fourth-order valence-corrected chi connectivity index (χ4v) is 3.20. The van der Waals surface area contributed by atoms with Crippen LogP contribution in [0, 0.1) is 18.7 Å². The predicted octanol–water partition coefficient (Wildman–Crippen LogP) is 2.92. The van der Waals surface area contributed by atoms with Crippen LogP contribution < -0.4 is 10.6 Å². The second-order valence-corrected chi connectivity index (χ2v) is 6.99. The van der Waals surface area contributed by atoms with Crippen molar-refractivity contribution in [1.29, 1.82) is 0 Å². The summed E-state index contributed by atoms with van der Waals surface area (Å²) < 4.78 is 13.3. The Morgan fingerprint density at radius 3 is 2.83 bits per heavy atom. The van der Waals surface area contributed by atoms with Crippen LogP contribution in [0.3, 0.4) is 0 Å². The van der Waals surface area contributed by atoms with Crippen molar-refractivity contribution >= 4 is 5.96 Å². The lowest BCUT2D eigenvalue weighted by atomic mass is 9.97. The number of nitrogens with zero attached hydrogens (tertiary/aromatic N) is 2. The highest BCUT2D eigenvalue weighted by atomic mass is 19.1. The zero-order chi connectivity index (χ0) is 17.5. The molecule has 0 aromatic heterocycles. The maximum atomic E-state index is 13.3. The van der Waals surface area contributed by atoms with Gasteiger partial charge in [-0.15, -0.1) is 0 Å². The largest absolute Gasteiger partial charge is 0.356 e. The minimum Gasteiger partial charge on any atom is -0.356 e. The van der Waals surface area contributed by atoms with Crippen LogP contribution in [0.2, 0.25) is 0 Å². The van der Waals surface area contributed by atoms with Crippen molar-refractivity contribution in [2.75, 3.05) is 26.7 Å². The summed E-state index contributed by atoms with van der Waals surface area (Å²) in [5.41, 5.74) is 1.73. The van der Waals surface area contributed by atoms with E-state index < -0.39 is 0 Å². The Kier molecular flexibility index (Phi) is 7.03. The molecule has 1 aliphatic heterocycles. The Morgan fingerprint density at radius 1 is 1.38 bits per heavy atom. The molecule has 0 amide bonds. The highest BCUT2D eigenvalue weighted by molar-refractivity contribution is 5.79. The van der Waals surface area contributed by atoms with Crippen molar-refractivity contribution in [1.82, 2.24) is 15.5 Å². The molecule has 1 unspecified atom stereocenters. The van der Waals surface area contributed by atoms with Gasteiger partial charge in [0.05, 0.1) is 0 Å². The van der Waals surface area contributed by atoms with Gasteiger partial charge in [-0.3, -0.25) is 4.99 Å². The molecule has 2 N–H and O–H groups in total. The number of hydrogen-bond acceptors (Lipinski definition) is 2. The third kappa shape index (κ3) is 5.48. The summed E-state index contributed by atoms with van der Waals surface area (Å²) in [7, 11) is 1.78. The van der Waals surface area contributed by atoms with Gasteiger partial charge in [-0.1, -0.05) is 12.1 Å². The van der Waals surface area contributed by atoms with Crippen molar-refractivity contribution in [3.63, 3.8) is 0 Å². The number of likely N-dealkylation sites (tertiary alicyclic amines) is 1. The van der Waals surface area contributed by atoms with Crippen LogP contribution in [-0.4, -0.2) is 43.6 Å². The molecule has 1 aliphatic rings. The molecule has 0 spiro atoms. The summed E-state index contributed by atoms with van der Waals surface area (Å²) in [4.78, 5) is 6.84. The van der Waals surface area contributed by atoms with Crippen LogP contribution in [-0.2, 0) is 6.54 Å². The zero-order valence-electron chi connectivity index (χ0n) is 15.4. The maximum absolute atomic E-state index is 13.3. The lowest BCUT2D eigenvalue weighted by molar-refractivity contribution is 0.141. The van der Waals surface area contributed by atoms with E-state index in [1.165, 1.54) is 25.5 Å². The van der Waals surface area contributed by atoms with E-state index in [0.29, 0.717) is 24.1 Å². The second-order valence-electron chi connectivity index (χ2n) is 6.99. The normalized spacial score (nSPS) is 19.6. The topological polar surface area (TPSA) is 39.7 Å². The first-order valence-electron chi connectivity index (χ1n) is 8.93. The Labute approximate surface area is 145 Å². The van der Waals surface area contributed by atoms with Crippen molar-refractivity contribution in [2.24, 2.45) is 10.9 Å². The highest BCUT2D eigenvalue weighted by Gasteiger charge is 2.21. The maximum Gasteiger partial charge on any atom is 0.191 e. The lowest BCUT2D eigenvalue weighted by Gasteiger charge is -2.35. The van der Waals surface area contributed by atoms with E-state index in [9.17, 15) is 4.39 Å². The molecule has 1 heterocycles. The van der Waals surface area contributed by atoms with Crippen molar-refractivity contribution in [2.45, 2.75) is 46.2 Å². The third-order valence-corrected chi connectivity index (χ3v) is 4.74. The van der Waals surface area contributed by atoms with Crippen LogP contribution in [0.5, 0.6) is 0 Å². The molecule has 0 bridgehead atoms. The highest BCUT2D eigenvalue weighted by Crippen LogP contribution is 2.17. The molecule has 0 radical (unpaired) electrons. The molecule has 2 rings (SSSR count). The number of benzene rings is 1. The van der Waals surface area contributed by atoms with E-state index in [-0.39, 0.29) is 5.82 Å². The van der Waals surface area contributed by atoms with Gasteiger partial charge in [0, 0.05) is 32.7 Å². The molecule has 4 nitrogen and oxygen atoms in total. The van der Waals surface area contributed by atoms with Gasteiger partial charge in [-0.2, -0.15) is 0 Å². The van der Waals surface area contributed by atoms with Crippen LogP contribution in [0.1, 0.15) is 37.8 Å². The van der Waals surface area contributed by atoms with Crippen molar-refractivity contribution in [3.05, 3.63) is 35.1 Å². The number of aliphatic imine (C=N–C) groups is 1. The summed E-state index contributed by atoms with van der Waals surface area (Å²) in [6.45, 7) is 10.3. The number of piperidine rings is 1. The first-order valence-corrected chi connectivity index (χ1v) is 8.93. The molecule has 134 valence electrons.